The highest BCUT2D eigenvalue weighted by Crippen LogP contribution is 2.38. The number of thiazole rings is 1. The molecule has 36 heavy (non-hydrogen) atoms. The number of nitrogens with zero attached hydrogens (tertiary/aromatic N) is 3. The summed E-state index contributed by atoms with van der Waals surface area (Å²) in [5.74, 6) is 0.511. The van der Waals surface area contributed by atoms with Crippen LogP contribution in [0.15, 0.2) is 108 Å². The van der Waals surface area contributed by atoms with E-state index in [-0.39, 0.29) is 5.69 Å². The van der Waals surface area contributed by atoms with Gasteiger partial charge in [-0.3, -0.25) is 14.7 Å². The van der Waals surface area contributed by atoms with Gasteiger partial charge in [-0.25, -0.2) is 4.99 Å². The molecule has 178 valence electrons. The molecule has 0 amide bonds. The van der Waals surface area contributed by atoms with Crippen LogP contribution in [0.1, 0.15) is 11.1 Å². The Balaban J connectivity index is 1.74. The number of aromatic nitrogens is 1. The fraction of sp³-hybridized carbons (Fsp3) is 0.0690. The average Bonchev–Trinajstić information content (AvgIpc) is 3.24. The molecule has 0 saturated carbocycles. The van der Waals surface area contributed by atoms with Gasteiger partial charge in [0.2, 0.25) is 5.06 Å². The number of rotatable bonds is 6. The summed E-state index contributed by atoms with van der Waals surface area (Å²) < 4.78 is 8.43. The van der Waals surface area contributed by atoms with Crippen molar-refractivity contribution in [3.8, 4) is 27.8 Å². The average molecular weight is 494 g/mol. The van der Waals surface area contributed by atoms with Crippen LogP contribution in [-0.2, 0) is 0 Å². The summed E-state index contributed by atoms with van der Waals surface area (Å²) in [4.78, 5) is 16.4. The van der Waals surface area contributed by atoms with Crippen molar-refractivity contribution in [3.05, 3.63) is 129 Å². The number of hydrogen-bond donors (Lipinski definition) is 0. The van der Waals surface area contributed by atoms with Crippen LogP contribution in [0.5, 0.6) is 10.8 Å². The fourth-order valence-corrected chi connectivity index (χ4v) is 4.80. The van der Waals surface area contributed by atoms with Crippen molar-refractivity contribution in [2.45, 2.75) is 13.8 Å². The molecular weight excluding hydrogens is 470 g/mol. The number of hydrogen-bond acceptors (Lipinski definition) is 5. The third-order valence-electron chi connectivity index (χ3n) is 5.65. The molecule has 4 aromatic carbocycles. The van der Waals surface area contributed by atoms with E-state index in [4.69, 9.17) is 9.73 Å². The summed E-state index contributed by atoms with van der Waals surface area (Å²) in [6.07, 6.45) is 0. The molecule has 1 aromatic heterocycles. The molecule has 1 heterocycles. The summed E-state index contributed by atoms with van der Waals surface area (Å²) in [6.45, 7) is 4.10. The molecule has 0 spiro atoms. The van der Waals surface area contributed by atoms with Crippen LogP contribution in [-0.4, -0.2) is 9.49 Å². The Morgan fingerprint density at radius 3 is 2.03 bits per heavy atom. The monoisotopic (exact) mass is 493 g/mol. The molecule has 5 aromatic rings. The highest BCUT2D eigenvalue weighted by Gasteiger charge is 2.20. The topological polar surface area (TPSA) is 69.7 Å². The van der Waals surface area contributed by atoms with Gasteiger partial charge in [0.1, 0.15) is 11.4 Å². The summed E-state index contributed by atoms with van der Waals surface area (Å²) >= 11 is 1.42. The Morgan fingerprint density at radius 2 is 1.42 bits per heavy atom. The zero-order valence-corrected chi connectivity index (χ0v) is 20.6. The summed E-state index contributed by atoms with van der Waals surface area (Å²) in [6, 6.07) is 32.5. The van der Waals surface area contributed by atoms with E-state index >= 15 is 0 Å². The van der Waals surface area contributed by atoms with E-state index in [2.05, 4.69) is 35.8 Å². The molecular formula is C29H23N3O3S. The van der Waals surface area contributed by atoms with Crippen molar-refractivity contribution in [2.75, 3.05) is 0 Å². The number of aryl methyl sites for hydroxylation is 2. The number of nitro groups is 1. The highest BCUT2D eigenvalue weighted by atomic mass is 32.1. The van der Waals surface area contributed by atoms with Crippen molar-refractivity contribution >= 4 is 22.7 Å². The summed E-state index contributed by atoms with van der Waals surface area (Å²) in [5, 5.41) is 11.7. The Morgan fingerprint density at radius 1 is 0.806 bits per heavy atom. The molecule has 0 N–H and O–H groups in total. The lowest BCUT2D eigenvalue weighted by Gasteiger charge is -2.12. The predicted molar refractivity (Wildman–Crippen MR) is 143 cm³/mol. The van der Waals surface area contributed by atoms with Gasteiger partial charge in [-0.1, -0.05) is 77.1 Å². The Hall–Kier alpha value is -4.49. The number of nitro benzene ring substituents is 1. The lowest BCUT2D eigenvalue weighted by Crippen LogP contribution is -2.13. The second kappa shape index (κ2) is 10.0. The smallest absolute Gasteiger partial charge is 0.269 e. The second-order valence-electron chi connectivity index (χ2n) is 8.36. The van der Waals surface area contributed by atoms with Gasteiger partial charge < -0.3 is 4.74 Å². The fourth-order valence-electron chi connectivity index (χ4n) is 3.75. The van der Waals surface area contributed by atoms with Crippen molar-refractivity contribution < 1.29 is 9.66 Å². The van der Waals surface area contributed by atoms with Gasteiger partial charge in [-0.05, 0) is 50.2 Å². The van der Waals surface area contributed by atoms with E-state index < -0.39 is 4.92 Å². The third kappa shape index (κ3) is 4.96. The largest absolute Gasteiger partial charge is 0.444 e. The summed E-state index contributed by atoms with van der Waals surface area (Å²) in [5.41, 5.74) is 5.96. The van der Waals surface area contributed by atoms with Crippen LogP contribution in [0.2, 0.25) is 0 Å². The number of ether oxygens (including phenoxy) is 1. The molecule has 0 unspecified atom stereocenters. The normalized spacial score (nSPS) is 11.4. The Labute approximate surface area is 212 Å². The van der Waals surface area contributed by atoms with E-state index in [9.17, 15) is 10.1 Å². The van der Waals surface area contributed by atoms with Gasteiger partial charge in [0.05, 0.1) is 10.6 Å². The second-order valence-corrected chi connectivity index (χ2v) is 9.30. The van der Waals surface area contributed by atoms with Crippen LogP contribution in [0.25, 0.3) is 16.9 Å². The molecule has 0 fully saturated rings. The van der Waals surface area contributed by atoms with Gasteiger partial charge in [-0.2, -0.15) is 0 Å². The first-order valence-corrected chi connectivity index (χ1v) is 12.2. The lowest BCUT2D eigenvalue weighted by molar-refractivity contribution is -0.384. The molecule has 6 nitrogen and oxygen atoms in total. The molecule has 7 heteroatoms. The van der Waals surface area contributed by atoms with E-state index in [0.29, 0.717) is 10.8 Å². The predicted octanol–water partition coefficient (Wildman–Crippen LogP) is 7.76. The Bertz CT molecular complexity index is 1570. The first-order chi connectivity index (χ1) is 17.5. The minimum Gasteiger partial charge on any atom is -0.444 e. The van der Waals surface area contributed by atoms with Crippen LogP contribution in [0.4, 0.5) is 11.4 Å². The van der Waals surface area contributed by atoms with Gasteiger partial charge in [0, 0.05) is 23.4 Å². The van der Waals surface area contributed by atoms with E-state index in [0.717, 1.165) is 33.0 Å². The van der Waals surface area contributed by atoms with Crippen molar-refractivity contribution in [1.82, 2.24) is 4.57 Å². The highest BCUT2D eigenvalue weighted by molar-refractivity contribution is 7.11. The SMILES string of the molecule is Cc1ccc(N=c2sc(Oc3ccc([N+](=O)[O-])cc3)c(-c3ccccc3)n2-c2ccc(C)cc2)cc1. The molecule has 0 atom stereocenters. The van der Waals surface area contributed by atoms with Crippen LogP contribution >= 0.6 is 11.3 Å². The minimum absolute atomic E-state index is 0.0154. The molecule has 0 aliphatic heterocycles. The van der Waals surface area contributed by atoms with E-state index in [1.807, 2.05) is 61.5 Å². The zero-order valence-electron chi connectivity index (χ0n) is 19.8. The van der Waals surface area contributed by atoms with Crippen LogP contribution in [0.3, 0.4) is 0 Å². The quantitative estimate of drug-likeness (QED) is 0.179. The first kappa shape index (κ1) is 23.3. The van der Waals surface area contributed by atoms with Crippen molar-refractivity contribution in [3.63, 3.8) is 0 Å². The number of benzene rings is 4. The number of non-ortho nitro benzene ring substituents is 1. The molecule has 0 bridgehead atoms. The van der Waals surface area contributed by atoms with Gasteiger partial charge in [0.15, 0.2) is 4.80 Å². The standard InChI is InChI=1S/C29H23N3O3S/c1-20-8-12-23(13-9-20)30-29-31(24-14-10-21(2)11-15-24)27(22-6-4-3-5-7-22)28(36-29)35-26-18-16-25(17-19-26)32(33)34/h3-19H,1-2H3. The molecule has 0 radical (unpaired) electrons. The molecule has 0 aliphatic carbocycles. The summed E-state index contributed by atoms with van der Waals surface area (Å²) in [7, 11) is 0. The minimum atomic E-state index is -0.422. The molecule has 5 rings (SSSR count). The van der Waals surface area contributed by atoms with Crippen molar-refractivity contribution in [2.24, 2.45) is 4.99 Å². The van der Waals surface area contributed by atoms with Crippen LogP contribution < -0.4 is 9.54 Å². The Kier molecular flexibility index (Phi) is 6.47. The van der Waals surface area contributed by atoms with E-state index in [1.54, 1.807) is 12.1 Å². The van der Waals surface area contributed by atoms with Gasteiger partial charge in [0.25, 0.3) is 5.69 Å². The van der Waals surface area contributed by atoms with Crippen LogP contribution in [0, 0.1) is 24.0 Å². The molecule has 0 saturated heterocycles. The van der Waals surface area contributed by atoms with E-state index in [1.165, 1.54) is 29.0 Å². The zero-order chi connectivity index (χ0) is 25.1. The maximum Gasteiger partial charge on any atom is 0.269 e. The van der Waals surface area contributed by atoms with Crippen molar-refractivity contribution in [1.29, 1.82) is 0 Å². The maximum atomic E-state index is 11.1. The van der Waals surface area contributed by atoms with Gasteiger partial charge >= 0.3 is 0 Å². The maximum absolute atomic E-state index is 11.1. The first-order valence-electron chi connectivity index (χ1n) is 11.4. The molecule has 0 aliphatic rings. The lowest BCUT2D eigenvalue weighted by atomic mass is 10.1. The third-order valence-corrected chi connectivity index (χ3v) is 6.57. The van der Waals surface area contributed by atoms with Gasteiger partial charge in [-0.15, -0.1) is 0 Å².